The molecule has 14 heavy (non-hydrogen) atoms. The van der Waals surface area contributed by atoms with E-state index in [0.29, 0.717) is 0 Å². The topological polar surface area (TPSA) is 45.4 Å². The van der Waals surface area contributed by atoms with Crippen molar-refractivity contribution in [3.63, 3.8) is 0 Å². The largest absolute Gasteiger partial charge is 0.472 e. The van der Waals surface area contributed by atoms with Gasteiger partial charge in [0.2, 0.25) is 0 Å². The summed E-state index contributed by atoms with van der Waals surface area (Å²) in [4.78, 5) is 0. The normalized spacial score (nSPS) is 29.3. The molecule has 1 aliphatic carbocycles. The van der Waals surface area contributed by atoms with E-state index in [1.165, 1.54) is 0 Å². The highest BCUT2D eigenvalue weighted by atomic mass is 16.3. The second-order valence-corrected chi connectivity index (χ2v) is 4.05. The van der Waals surface area contributed by atoms with Crippen LogP contribution in [0.1, 0.15) is 37.8 Å². The monoisotopic (exact) mass is 195 g/mol. The molecule has 0 aromatic carbocycles. The Morgan fingerprint density at radius 1 is 1.57 bits per heavy atom. The van der Waals surface area contributed by atoms with Crippen LogP contribution in [0.2, 0.25) is 0 Å². The van der Waals surface area contributed by atoms with Gasteiger partial charge in [-0.25, -0.2) is 0 Å². The number of hydrogen-bond donors (Lipinski definition) is 2. The molecule has 0 spiro atoms. The van der Waals surface area contributed by atoms with Crippen LogP contribution >= 0.6 is 0 Å². The van der Waals surface area contributed by atoms with E-state index < -0.39 is 0 Å². The molecule has 1 aromatic heterocycles. The predicted molar refractivity (Wildman–Crippen MR) is 53.9 cm³/mol. The number of furan rings is 1. The van der Waals surface area contributed by atoms with Gasteiger partial charge < -0.3 is 14.8 Å². The number of rotatable bonds is 3. The maximum absolute atomic E-state index is 9.65. The first-order chi connectivity index (χ1) is 6.77. The second-order valence-electron chi connectivity index (χ2n) is 4.05. The molecular formula is C11H17NO2. The van der Waals surface area contributed by atoms with Gasteiger partial charge in [-0.3, -0.25) is 0 Å². The Hall–Kier alpha value is -0.800. The molecule has 0 amide bonds. The van der Waals surface area contributed by atoms with Gasteiger partial charge in [-0.1, -0.05) is 0 Å². The fourth-order valence-corrected chi connectivity index (χ4v) is 2.07. The van der Waals surface area contributed by atoms with E-state index in [2.05, 4.69) is 12.2 Å². The van der Waals surface area contributed by atoms with Crippen LogP contribution < -0.4 is 5.32 Å². The smallest absolute Gasteiger partial charge is 0.0950 e. The molecule has 1 fully saturated rings. The van der Waals surface area contributed by atoms with Crippen LogP contribution in [0.4, 0.5) is 0 Å². The summed E-state index contributed by atoms with van der Waals surface area (Å²) in [6.45, 7) is 2.09. The molecule has 3 atom stereocenters. The lowest BCUT2D eigenvalue weighted by Crippen LogP contribution is -2.37. The molecule has 3 unspecified atom stereocenters. The summed E-state index contributed by atoms with van der Waals surface area (Å²) in [6.07, 6.45) is 6.37. The molecule has 0 saturated heterocycles. The first-order valence-electron chi connectivity index (χ1n) is 5.23. The molecule has 3 nitrogen and oxygen atoms in total. The maximum Gasteiger partial charge on any atom is 0.0950 e. The number of hydrogen-bond acceptors (Lipinski definition) is 3. The van der Waals surface area contributed by atoms with Crippen LogP contribution in [-0.4, -0.2) is 17.3 Å². The van der Waals surface area contributed by atoms with E-state index in [0.717, 1.165) is 24.8 Å². The summed E-state index contributed by atoms with van der Waals surface area (Å²) in [5.41, 5.74) is 1.14. The Balaban J connectivity index is 1.91. The summed E-state index contributed by atoms with van der Waals surface area (Å²) in [7, 11) is 0. The minimum atomic E-state index is -0.177. The highest BCUT2D eigenvalue weighted by Gasteiger charge is 2.26. The van der Waals surface area contributed by atoms with Crippen molar-refractivity contribution in [2.45, 2.75) is 44.4 Å². The van der Waals surface area contributed by atoms with Crippen molar-refractivity contribution in [1.29, 1.82) is 0 Å². The fourth-order valence-electron chi connectivity index (χ4n) is 2.07. The van der Waals surface area contributed by atoms with Crippen molar-refractivity contribution in [3.8, 4) is 0 Å². The van der Waals surface area contributed by atoms with Crippen molar-refractivity contribution >= 4 is 0 Å². The van der Waals surface area contributed by atoms with E-state index in [4.69, 9.17) is 4.42 Å². The average Bonchev–Trinajstić information content (AvgIpc) is 2.77. The Morgan fingerprint density at radius 3 is 3.00 bits per heavy atom. The Kier molecular flexibility index (Phi) is 2.89. The predicted octanol–water partition coefficient (Wildman–Crippen LogP) is 1.84. The van der Waals surface area contributed by atoms with E-state index in [9.17, 15) is 5.11 Å². The highest BCUT2D eigenvalue weighted by Crippen LogP contribution is 2.22. The van der Waals surface area contributed by atoms with Gasteiger partial charge in [-0.2, -0.15) is 0 Å². The average molecular weight is 195 g/mol. The molecule has 3 heteroatoms. The minimum Gasteiger partial charge on any atom is -0.472 e. The van der Waals surface area contributed by atoms with Crippen molar-refractivity contribution in [1.82, 2.24) is 5.32 Å². The van der Waals surface area contributed by atoms with Crippen molar-refractivity contribution in [3.05, 3.63) is 24.2 Å². The van der Waals surface area contributed by atoms with E-state index in [-0.39, 0.29) is 18.2 Å². The molecule has 0 radical (unpaired) electrons. The van der Waals surface area contributed by atoms with Gasteiger partial charge in [0.25, 0.3) is 0 Å². The molecule has 78 valence electrons. The summed E-state index contributed by atoms with van der Waals surface area (Å²) in [5, 5.41) is 13.1. The van der Waals surface area contributed by atoms with Gasteiger partial charge in [0.1, 0.15) is 0 Å². The zero-order chi connectivity index (χ0) is 9.97. The summed E-state index contributed by atoms with van der Waals surface area (Å²) in [6, 6.07) is 2.46. The van der Waals surface area contributed by atoms with Crippen molar-refractivity contribution in [2.75, 3.05) is 0 Å². The van der Waals surface area contributed by atoms with Crippen LogP contribution in [-0.2, 0) is 0 Å². The molecule has 0 bridgehead atoms. The van der Waals surface area contributed by atoms with Gasteiger partial charge in [0.05, 0.1) is 18.6 Å². The molecule has 2 N–H and O–H groups in total. The zero-order valence-corrected chi connectivity index (χ0v) is 8.44. The first-order valence-corrected chi connectivity index (χ1v) is 5.23. The molecule has 1 saturated carbocycles. The Bertz CT molecular complexity index is 271. The second kappa shape index (κ2) is 4.15. The molecule has 0 aliphatic heterocycles. The number of aliphatic hydroxyl groups excluding tert-OH is 1. The summed E-state index contributed by atoms with van der Waals surface area (Å²) >= 11 is 0. The fraction of sp³-hybridized carbons (Fsp3) is 0.636. The number of nitrogens with one attached hydrogen (secondary N) is 1. The summed E-state index contributed by atoms with van der Waals surface area (Å²) in [5.74, 6) is 0. The minimum absolute atomic E-state index is 0.177. The van der Waals surface area contributed by atoms with E-state index >= 15 is 0 Å². The maximum atomic E-state index is 9.65. The Morgan fingerprint density at radius 2 is 2.43 bits per heavy atom. The molecule has 1 heterocycles. The summed E-state index contributed by atoms with van der Waals surface area (Å²) < 4.78 is 5.02. The van der Waals surface area contributed by atoms with Crippen molar-refractivity contribution < 1.29 is 9.52 Å². The molecule has 2 rings (SSSR count). The lowest BCUT2D eigenvalue weighted by Gasteiger charge is -2.21. The van der Waals surface area contributed by atoms with Crippen LogP contribution in [0.25, 0.3) is 0 Å². The number of aliphatic hydroxyl groups is 1. The lowest BCUT2D eigenvalue weighted by molar-refractivity contribution is 0.144. The van der Waals surface area contributed by atoms with Crippen molar-refractivity contribution in [2.24, 2.45) is 0 Å². The van der Waals surface area contributed by atoms with E-state index in [1.807, 2.05) is 6.07 Å². The third-order valence-corrected chi connectivity index (χ3v) is 2.99. The third-order valence-electron chi connectivity index (χ3n) is 2.99. The highest BCUT2D eigenvalue weighted by molar-refractivity contribution is 5.10. The van der Waals surface area contributed by atoms with Gasteiger partial charge >= 0.3 is 0 Å². The lowest BCUT2D eigenvalue weighted by atomic mass is 10.1. The van der Waals surface area contributed by atoms with Gasteiger partial charge in [-0.15, -0.1) is 0 Å². The molecule has 1 aliphatic rings. The van der Waals surface area contributed by atoms with Crippen LogP contribution in [0.5, 0.6) is 0 Å². The van der Waals surface area contributed by atoms with Crippen LogP contribution in [0.15, 0.2) is 23.0 Å². The van der Waals surface area contributed by atoms with E-state index in [1.54, 1.807) is 12.5 Å². The molecule has 1 aromatic rings. The quantitative estimate of drug-likeness (QED) is 0.773. The van der Waals surface area contributed by atoms with Crippen LogP contribution in [0.3, 0.4) is 0 Å². The standard InChI is InChI=1S/C11H17NO2/c1-8(9-5-6-14-7-9)12-10-3-2-4-11(10)13/h5-8,10-13H,2-4H2,1H3. The van der Waals surface area contributed by atoms with Gasteiger partial charge in [0.15, 0.2) is 0 Å². The van der Waals surface area contributed by atoms with Crippen LogP contribution in [0, 0.1) is 0 Å². The third kappa shape index (κ3) is 1.99. The molecular weight excluding hydrogens is 178 g/mol. The van der Waals surface area contributed by atoms with Gasteiger partial charge in [0, 0.05) is 17.6 Å². The first kappa shape index (κ1) is 9.74. The SMILES string of the molecule is CC(NC1CCCC1O)c1ccoc1. The Labute approximate surface area is 84.1 Å². The zero-order valence-electron chi connectivity index (χ0n) is 8.44. The van der Waals surface area contributed by atoms with Gasteiger partial charge in [-0.05, 0) is 32.3 Å².